The van der Waals surface area contributed by atoms with Gasteiger partial charge in [-0.1, -0.05) is 20.8 Å². The third kappa shape index (κ3) is 1.51. The van der Waals surface area contributed by atoms with E-state index in [1.165, 1.54) is 0 Å². The van der Waals surface area contributed by atoms with E-state index in [2.05, 4.69) is 25.8 Å². The van der Waals surface area contributed by atoms with Crippen molar-refractivity contribution in [2.24, 2.45) is 16.1 Å². The average molecular weight is 223 g/mol. The Hall–Kier alpha value is -1.06. The van der Waals surface area contributed by atoms with Crippen LogP contribution in [0.5, 0.6) is 0 Å². The van der Waals surface area contributed by atoms with Gasteiger partial charge in [0.15, 0.2) is 0 Å². The summed E-state index contributed by atoms with van der Waals surface area (Å²) < 4.78 is 0. The van der Waals surface area contributed by atoms with Crippen LogP contribution in [0.25, 0.3) is 0 Å². The molecule has 0 aromatic carbocycles. The highest BCUT2D eigenvalue weighted by Gasteiger charge is 2.54. The van der Waals surface area contributed by atoms with Crippen LogP contribution in [0.2, 0.25) is 0 Å². The minimum Gasteiger partial charge on any atom is -0.385 e. The van der Waals surface area contributed by atoms with Crippen molar-refractivity contribution in [2.45, 2.75) is 52.0 Å². The molecule has 1 unspecified atom stereocenters. The molecular formula is C12H21N3O. The van der Waals surface area contributed by atoms with Crippen molar-refractivity contribution in [1.29, 1.82) is 0 Å². The SMILES string of the molecule is CCCN1C(=O)N=C(N)C12CCC(C)(C)C2. The molecular weight excluding hydrogens is 202 g/mol. The summed E-state index contributed by atoms with van der Waals surface area (Å²) in [4.78, 5) is 17.7. The van der Waals surface area contributed by atoms with Crippen LogP contribution >= 0.6 is 0 Å². The normalized spacial score (nSPS) is 32.6. The summed E-state index contributed by atoms with van der Waals surface area (Å²) in [5.41, 5.74) is 5.99. The zero-order valence-corrected chi connectivity index (χ0v) is 10.4. The fraction of sp³-hybridized carbons (Fsp3) is 0.833. The van der Waals surface area contributed by atoms with E-state index in [4.69, 9.17) is 5.73 Å². The second kappa shape index (κ2) is 3.47. The summed E-state index contributed by atoms with van der Waals surface area (Å²) in [5.74, 6) is 0.538. The number of carbonyl (C=O) groups is 1. The van der Waals surface area contributed by atoms with E-state index < -0.39 is 0 Å². The second-order valence-corrected chi connectivity index (χ2v) is 5.80. The van der Waals surface area contributed by atoms with E-state index in [-0.39, 0.29) is 17.0 Å². The van der Waals surface area contributed by atoms with Crippen LogP contribution in [-0.2, 0) is 0 Å². The van der Waals surface area contributed by atoms with Crippen molar-refractivity contribution in [3.8, 4) is 0 Å². The molecule has 1 atom stereocenters. The number of aliphatic imine (C=N–C) groups is 1. The Labute approximate surface area is 96.9 Å². The molecule has 0 radical (unpaired) electrons. The summed E-state index contributed by atoms with van der Waals surface area (Å²) in [6, 6.07) is -0.142. The van der Waals surface area contributed by atoms with Gasteiger partial charge < -0.3 is 10.6 Å². The van der Waals surface area contributed by atoms with Crippen molar-refractivity contribution in [2.75, 3.05) is 6.54 Å². The molecule has 2 rings (SSSR count). The molecule has 1 saturated carbocycles. The number of amidine groups is 1. The standard InChI is InChI=1S/C12H21N3O/c1-4-7-15-10(16)14-9(13)12(15)6-5-11(2,3)8-12/h4-8H2,1-3H3,(H2,13,14,16). The van der Waals surface area contributed by atoms with Crippen molar-refractivity contribution in [3.05, 3.63) is 0 Å². The molecule has 1 aliphatic carbocycles. The van der Waals surface area contributed by atoms with Crippen molar-refractivity contribution in [3.63, 3.8) is 0 Å². The Kier molecular flexibility index (Phi) is 2.48. The average Bonchev–Trinajstić information content (AvgIpc) is 2.61. The van der Waals surface area contributed by atoms with Crippen LogP contribution in [0.4, 0.5) is 4.79 Å². The molecule has 4 nitrogen and oxygen atoms in total. The largest absolute Gasteiger partial charge is 0.385 e. The fourth-order valence-electron chi connectivity index (χ4n) is 3.08. The topological polar surface area (TPSA) is 58.7 Å². The van der Waals surface area contributed by atoms with Crippen LogP contribution < -0.4 is 5.73 Å². The fourth-order valence-corrected chi connectivity index (χ4v) is 3.08. The van der Waals surface area contributed by atoms with E-state index in [0.29, 0.717) is 5.84 Å². The summed E-state index contributed by atoms with van der Waals surface area (Å²) >= 11 is 0. The zero-order chi connectivity index (χ0) is 12.0. The van der Waals surface area contributed by atoms with Gasteiger partial charge in [-0.3, -0.25) is 0 Å². The first kappa shape index (κ1) is 11.4. The van der Waals surface area contributed by atoms with Crippen molar-refractivity contribution >= 4 is 11.9 Å². The zero-order valence-electron chi connectivity index (χ0n) is 10.4. The van der Waals surface area contributed by atoms with Crippen LogP contribution in [0.1, 0.15) is 46.5 Å². The smallest absolute Gasteiger partial charge is 0.346 e. The summed E-state index contributed by atoms with van der Waals surface area (Å²) in [6.07, 6.45) is 3.97. The Morgan fingerprint density at radius 1 is 1.44 bits per heavy atom. The molecule has 16 heavy (non-hydrogen) atoms. The van der Waals surface area contributed by atoms with E-state index in [0.717, 1.165) is 32.2 Å². The Balaban J connectivity index is 2.31. The lowest BCUT2D eigenvalue weighted by atomic mass is 9.86. The van der Waals surface area contributed by atoms with Gasteiger partial charge in [0, 0.05) is 6.54 Å². The van der Waals surface area contributed by atoms with Gasteiger partial charge >= 0.3 is 6.03 Å². The summed E-state index contributed by atoms with van der Waals surface area (Å²) in [6.45, 7) is 7.32. The molecule has 0 aromatic rings. The highest BCUT2D eigenvalue weighted by Crippen LogP contribution is 2.48. The number of carbonyl (C=O) groups excluding carboxylic acids is 1. The number of urea groups is 1. The van der Waals surface area contributed by atoms with Gasteiger partial charge in [-0.15, -0.1) is 0 Å². The highest BCUT2D eigenvalue weighted by atomic mass is 16.2. The Morgan fingerprint density at radius 2 is 2.12 bits per heavy atom. The number of nitrogens with zero attached hydrogens (tertiary/aromatic N) is 2. The van der Waals surface area contributed by atoms with Crippen molar-refractivity contribution < 1.29 is 4.79 Å². The van der Waals surface area contributed by atoms with Gasteiger partial charge in [0.25, 0.3) is 0 Å². The van der Waals surface area contributed by atoms with Crippen molar-refractivity contribution in [1.82, 2.24) is 4.90 Å². The molecule has 1 fully saturated rings. The summed E-state index contributed by atoms with van der Waals surface area (Å²) in [5, 5.41) is 0. The first-order chi connectivity index (χ1) is 7.41. The van der Waals surface area contributed by atoms with Gasteiger partial charge in [0.1, 0.15) is 11.4 Å². The molecule has 1 spiro atoms. The van der Waals surface area contributed by atoms with Gasteiger partial charge in [-0.2, -0.15) is 4.99 Å². The maximum absolute atomic E-state index is 11.8. The lowest BCUT2D eigenvalue weighted by molar-refractivity contribution is 0.165. The van der Waals surface area contributed by atoms with Crippen LogP contribution in [0.3, 0.4) is 0 Å². The third-order valence-corrected chi connectivity index (χ3v) is 3.87. The first-order valence-electron chi connectivity index (χ1n) is 6.07. The van der Waals surface area contributed by atoms with E-state index in [1.54, 1.807) is 0 Å². The lowest BCUT2D eigenvalue weighted by Crippen LogP contribution is -2.53. The number of rotatable bonds is 2. The quantitative estimate of drug-likeness (QED) is 0.779. The number of nitrogens with two attached hydrogens (primary N) is 1. The van der Waals surface area contributed by atoms with Gasteiger partial charge in [0.2, 0.25) is 0 Å². The van der Waals surface area contributed by atoms with E-state index >= 15 is 0 Å². The summed E-state index contributed by atoms with van der Waals surface area (Å²) in [7, 11) is 0. The van der Waals surface area contributed by atoms with Crippen LogP contribution in [-0.4, -0.2) is 28.9 Å². The van der Waals surface area contributed by atoms with Gasteiger partial charge in [-0.25, -0.2) is 4.79 Å². The Bertz CT molecular complexity index is 348. The maximum Gasteiger partial charge on any atom is 0.346 e. The predicted octanol–water partition coefficient (Wildman–Crippen LogP) is 2.14. The molecule has 0 aromatic heterocycles. The number of hydrogen-bond acceptors (Lipinski definition) is 2. The maximum atomic E-state index is 11.8. The number of amides is 2. The molecule has 1 heterocycles. The van der Waals surface area contributed by atoms with Crippen LogP contribution in [0.15, 0.2) is 4.99 Å². The lowest BCUT2D eigenvalue weighted by Gasteiger charge is -2.35. The molecule has 4 heteroatoms. The molecule has 1 aliphatic heterocycles. The molecule has 0 bridgehead atoms. The van der Waals surface area contributed by atoms with E-state index in [9.17, 15) is 4.79 Å². The van der Waals surface area contributed by atoms with Crippen LogP contribution in [0, 0.1) is 5.41 Å². The Morgan fingerprint density at radius 3 is 2.62 bits per heavy atom. The first-order valence-corrected chi connectivity index (χ1v) is 6.07. The molecule has 2 aliphatic rings. The molecule has 0 saturated heterocycles. The molecule has 2 amide bonds. The van der Waals surface area contributed by atoms with Gasteiger partial charge in [-0.05, 0) is 31.1 Å². The minimum absolute atomic E-state index is 0.142. The number of hydrogen-bond donors (Lipinski definition) is 1. The van der Waals surface area contributed by atoms with Gasteiger partial charge in [0.05, 0.1) is 0 Å². The molecule has 2 N–H and O–H groups in total. The molecule has 90 valence electrons. The second-order valence-electron chi connectivity index (χ2n) is 5.80. The van der Waals surface area contributed by atoms with E-state index in [1.807, 2.05) is 4.90 Å². The highest BCUT2D eigenvalue weighted by molar-refractivity contribution is 6.06. The third-order valence-electron chi connectivity index (χ3n) is 3.87. The minimum atomic E-state index is -0.267. The monoisotopic (exact) mass is 223 g/mol. The predicted molar refractivity (Wildman–Crippen MR) is 64.4 cm³/mol.